The fourth-order valence-electron chi connectivity index (χ4n) is 3.41. The van der Waals surface area contributed by atoms with Gasteiger partial charge in [0.25, 0.3) is 5.91 Å². The Bertz CT molecular complexity index is 1000. The third-order valence-corrected chi connectivity index (χ3v) is 5.20. The van der Waals surface area contributed by atoms with Gasteiger partial charge in [-0.1, -0.05) is 23.2 Å². The molecule has 8 heteroatoms. The van der Waals surface area contributed by atoms with Crippen molar-refractivity contribution >= 4 is 40.2 Å². The first-order valence-electron chi connectivity index (χ1n) is 8.98. The van der Waals surface area contributed by atoms with Crippen LogP contribution in [0.25, 0.3) is 22.6 Å². The molecule has 0 saturated carbocycles. The quantitative estimate of drug-likeness (QED) is 0.654. The van der Waals surface area contributed by atoms with Crippen molar-refractivity contribution in [3.8, 4) is 11.5 Å². The van der Waals surface area contributed by atoms with Gasteiger partial charge in [0, 0.05) is 46.8 Å². The maximum Gasteiger partial charge on any atom is 0.251 e. The summed E-state index contributed by atoms with van der Waals surface area (Å²) in [7, 11) is 0. The minimum atomic E-state index is -0.372. The summed E-state index contributed by atoms with van der Waals surface area (Å²) in [6.07, 6.45) is 0.815. The molecule has 146 valence electrons. The molecule has 1 N–H and O–H groups in total. The first kappa shape index (κ1) is 19.2. The van der Waals surface area contributed by atoms with Crippen LogP contribution in [0.1, 0.15) is 16.8 Å². The van der Waals surface area contributed by atoms with E-state index in [1.807, 2.05) is 4.90 Å². The number of amides is 1. The molecule has 0 spiro atoms. The Morgan fingerprint density at radius 3 is 2.79 bits per heavy atom. The van der Waals surface area contributed by atoms with Gasteiger partial charge in [-0.2, -0.15) is 0 Å². The predicted octanol–water partition coefficient (Wildman–Crippen LogP) is 4.58. The molecule has 1 aliphatic heterocycles. The highest BCUT2D eigenvalue weighted by Gasteiger charge is 2.24. The van der Waals surface area contributed by atoms with E-state index < -0.39 is 0 Å². The van der Waals surface area contributed by atoms with E-state index in [0.717, 1.165) is 13.0 Å². The van der Waals surface area contributed by atoms with Crippen molar-refractivity contribution in [2.24, 2.45) is 0 Å². The topological polar surface area (TPSA) is 58.4 Å². The minimum Gasteiger partial charge on any atom is -0.436 e. The van der Waals surface area contributed by atoms with Crippen LogP contribution in [-0.4, -0.2) is 48.1 Å². The Kier molecular flexibility index (Phi) is 5.53. The van der Waals surface area contributed by atoms with Gasteiger partial charge < -0.3 is 9.73 Å². The van der Waals surface area contributed by atoms with E-state index in [1.165, 1.54) is 0 Å². The molecule has 1 aliphatic rings. The number of nitrogens with one attached hydrogen (secondary N) is 1. The molecule has 1 fully saturated rings. The maximum absolute atomic E-state index is 12.6. The third kappa shape index (κ3) is 4.14. The number of nitrogens with zero attached hydrogens (tertiary/aromatic N) is 2. The fraction of sp³-hybridized carbons (Fsp3) is 0.300. The average molecular weight is 422 g/mol. The molecule has 0 bridgehead atoms. The molecule has 1 atom stereocenters. The molecule has 2 aromatic carbocycles. The van der Waals surface area contributed by atoms with Crippen molar-refractivity contribution < 1.29 is 13.6 Å². The van der Waals surface area contributed by atoms with Crippen LogP contribution in [0.4, 0.5) is 4.39 Å². The number of carbonyl (C=O) groups excluding carboxylic acids is 1. The number of halogens is 3. The van der Waals surface area contributed by atoms with Crippen LogP contribution in [0.2, 0.25) is 10.0 Å². The normalized spacial score (nSPS) is 17.3. The van der Waals surface area contributed by atoms with Crippen LogP contribution in [0.15, 0.2) is 40.8 Å². The summed E-state index contributed by atoms with van der Waals surface area (Å²) in [5.74, 6) is 0.201. The highest BCUT2D eigenvalue weighted by molar-refractivity contribution is 6.35. The maximum atomic E-state index is 12.6. The number of benzene rings is 2. The largest absolute Gasteiger partial charge is 0.436 e. The van der Waals surface area contributed by atoms with Crippen molar-refractivity contribution in [2.75, 3.05) is 26.3 Å². The molecule has 5 nitrogen and oxygen atoms in total. The van der Waals surface area contributed by atoms with E-state index in [0.29, 0.717) is 51.3 Å². The summed E-state index contributed by atoms with van der Waals surface area (Å²) in [6.45, 7) is 1.50. The van der Waals surface area contributed by atoms with Crippen molar-refractivity contribution in [1.29, 1.82) is 0 Å². The van der Waals surface area contributed by atoms with Gasteiger partial charge in [0.15, 0.2) is 5.58 Å². The molecular weight excluding hydrogens is 404 g/mol. The number of fused-ring (bicyclic) bond motifs is 1. The number of aromatic nitrogens is 1. The average Bonchev–Trinajstić information content (AvgIpc) is 3.27. The summed E-state index contributed by atoms with van der Waals surface area (Å²) < 4.78 is 18.3. The van der Waals surface area contributed by atoms with Gasteiger partial charge in [-0.3, -0.25) is 9.69 Å². The summed E-state index contributed by atoms with van der Waals surface area (Å²) in [6, 6.07) is 10.2. The predicted molar refractivity (Wildman–Crippen MR) is 108 cm³/mol. The van der Waals surface area contributed by atoms with Crippen molar-refractivity contribution in [1.82, 2.24) is 15.2 Å². The van der Waals surface area contributed by atoms with Crippen molar-refractivity contribution in [3.63, 3.8) is 0 Å². The molecular formula is C20H18Cl2FN3O2. The van der Waals surface area contributed by atoms with Crippen LogP contribution in [0.5, 0.6) is 0 Å². The van der Waals surface area contributed by atoms with Gasteiger partial charge in [0.2, 0.25) is 5.89 Å². The number of likely N-dealkylation sites (tertiary alicyclic amines) is 1. The molecule has 1 unspecified atom stereocenters. The Balaban J connectivity index is 1.52. The lowest BCUT2D eigenvalue weighted by atomic mass is 10.1. The Labute approximate surface area is 171 Å². The number of carbonyl (C=O) groups is 1. The summed E-state index contributed by atoms with van der Waals surface area (Å²) in [4.78, 5) is 19.0. The second-order valence-electron chi connectivity index (χ2n) is 6.81. The molecule has 2 heterocycles. The molecule has 1 aromatic heterocycles. The molecule has 4 rings (SSSR count). The Hall–Kier alpha value is -2.15. The smallest absolute Gasteiger partial charge is 0.251 e. The van der Waals surface area contributed by atoms with Crippen molar-refractivity contribution in [3.05, 3.63) is 52.0 Å². The molecule has 3 aromatic rings. The Morgan fingerprint density at radius 1 is 1.25 bits per heavy atom. The van der Waals surface area contributed by atoms with Gasteiger partial charge in [-0.05, 0) is 42.8 Å². The first-order chi connectivity index (χ1) is 13.5. The van der Waals surface area contributed by atoms with E-state index in [9.17, 15) is 9.18 Å². The molecule has 1 saturated heterocycles. The van der Waals surface area contributed by atoms with Crippen LogP contribution in [0, 0.1) is 0 Å². The van der Waals surface area contributed by atoms with Crippen LogP contribution < -0.4 is 5.32 Å². The van der Waals surface area contributed by atoms with E-state index in [-0.39, 0.29) is 18.6 Å². The van der Waals surface area contributed by atoms with Crippen LogP contribution in [0.3, 0.4) is 0 Å². The SMILES string of the molecule is O=C(NC1CCN(CCF)C1)c1ccc2nc(-c3cc(Cl)cc(Cl)c3)oc2c1. The zero-order valence-electron chi connectivity index (χ0n) is 14.9. The summed E-state index contributed by atoms with van der Waals surface area (Å²) >= 11 is 12.1. The first-order valence-corrected chi connectivity index (χ1v) is 9.73. The van der Waals surface area contributed by atoms with Crippen molar-refractivity contribution in [2.45, 2.75) is 12.5 Å². The number of oxazole rings is 1. The third-order valence-electron chi connectivity index (χ3n) is 4.77. The number of hydrogen-bond donors (Lipinski definition) is 1. The highest BCUT2D eigenvalue weighted by Crippen LogP contribution is 2.29. The minimum absolute atomic E-state index is 0.0219. The molecule has 28 heavy (non-hydrogen) atoms. The number of rotatable bonds is 5. The van der Waals surface area contributed by atoms with Gasteiger partial charge >= 0.3 is 0 Å². The Morgan fingerprint density at radius 2 is 2.04 bits per heavy atom. The summed E-state index contributed by atoms with van der Waals surface area (Å²) in [5, 5.41) is 3.98. The molecule has 0 radical (unpaired) electrons. The highest BCUT2D eigenvalue weighted by atomic mass is 35.5. The molecule has 0 aliphatic carbocycles. The van der Waals surface area contributed by atoms with Gasteiger partial charge in [-0.25, -0.2) is 9.37 Å². The van der Waals surface area contributed by atoms with E-state index >= 15 is 0 Å². The zero-order valence-corrected chi connectivity index (χ0v) is 16.4. The van der Waals surface area contributed by atoms with Gasteiger partial charge in [0.1, 0.15) is 12.2 Å². The van der Waals surface area contributed by atoms with E-state index in [1.54, 1.807) is 36.4 Å². The van der Waals surface area contributed by atoms with E-state index in [2.05, 4.69) is 10.3 Å². The second-order valence-corrected chi connectivity index (χ2v) is 7.68. The second kappa shape index (κ2) is 8.07. The number of hydrogen-bond acceptors (Lipinski definition) is 4. The lowest BCUT2D eigenvalue weighted by Crippen LogP contribution is -2.37. The zero-order chi connectivity index (χ0) is 19.7. The van der Waals surface area contributed by atoms with Crippen LogP contribution >= 0.6 is 23.2 Å². The fourth-order valence-corrected chi connectivity index (χ4v) is 3.93. The molecule has 1 amide bonds. The van der Waals surface area contributed by atoms with Crippen LogP contribution in [-0.2, 0) is 0 Å². The van der Waals surface area contributed by atoms with E-state index in [4.69, 9.17) is 27.6 Å². The lowest BCUT2D eigenvalue weighted by molar-refractivity contribution is 0.0937. The standard InChI is InChI=1S/C20H18Cl2FN3O2/c21-14-7-13(8-15(22)10-14)20-25-17-2-1-12(9-18(17)28-20)19(27)24-16-3-5-26(11-16)6-4-23/h1-2,7-10,16H,3-6,11H2,(H,24,27). The van der Waals surface area contributed by atoms with Gasteiger partial charge in [-0.15, -0.1) is 0 Å². The number of alkyl halides is 1. The summed E-state index contributed by atoms with van der Waals surface area (Å²) in [5.41, 5.74) is 2.30. The monoisotopic (exact) mass is 421 g/mol. The lowest BCUT2D eigenvalue weighted by Gasteiger charge is -2.15. The van der Waals surface area contributed by atoms with Gasteiger partial charge in [0.05, 0.1) is 0 Å².